The number of aryl methyl sites for hydroxylation is 2. The van der Waals surface area contributed by atoms with Gasteiger partial charge >= 0.3 is 0 Å². The molecular formula is C44H34N2O2. The number of carbonyl (C=O) groups is 2. The number of benzene rings is 6. The van der Waals surface area contributed by atoms with Crippen molar-refractivity contribution in [1.82, 2.24) is 0 Å². The topological polar surface area (TPSA) is 40.6 Å². The van der Waals surface area contributed by atoms with Crippen LogP contribution in [0.1, 0.15) is 54.1 Å². The van der Waals surface area contributed by atoms with Gasteiger partial charge in [0, 0.05) is 23.5 Å². The van der Waals surface area contributed by atoms with E-state index < -0.39 is 0 Å². The van der Waals surface area contributed by atoms with Crippen LogP contribution in [0.2, 0.25) is 0 Å². The molecule has 232 valence electrons. The van der Waals surface area contributed by atoms with Crippen LogP contribution in [-0.2, 0) is 0 Å². The lowest BCUT2D eigenvalue weighted by molar-refractivity contribution is 0.0986. The van der Waals surface area contributed by atoms with Crippen LogP contribution >= 0.6 is 0 Å². The lowest BCUT2D eigenvalue weighted by Crippen LogP contribution is -2.36. The number of anilines is 2. The molecule has 6 aromatic carbocycles. The summed E-state index contributed by atoms with van der Waals surface area (Å²) in [6.07, 6.45) is 3.76. The van der Waals surface area contributed by atoms with Crippen molar-refractivity contribution in [2.75, 3.05) is 9.80 Å². The molecule has 0 fully saturated rings. The highest BCUT2D eigenvalue weighted by Crippen LogP contribution is 2.37. The SMILES string of the molecule is Cc1ccc2c(c1)C(=O)N(C=C(c1ccccc1)c1ccccc1)c1ccc(C)cc1C(=O)N2C=C(c1ccccc1)c1ccccc1. The average molecular weight is 623 g/mol. The zero-order valence-electron chi connectivity index (χ0n) is 26.9. The lowest BCUT2D eigenvalue weighted by atomic mass is 9.96. The molecule has 1 aliphatic rings. The Labute approximate surface area is 281 Å². The largest absolute Gasteiger partial charge is 0.282 e. The fraction of sp³-hybridized carbons (Fsp3) is 0.0455. The van der Waals surface area contributed by atoms with Gasteiger partial charge in [0.05, 0.1) is 22.5 Å². The Balaban J connectivity index is 1.49. The predicted octanol–water partition coefficient (Wildman–Crippen LogP) is 10.1. The maximum Gasteiger partial charge on any atom is 0.264 e. The molecule has 0 spiro atoms. The third kappa shape index (κ3) is 6.00. The summed E-state index contributed by atoms with van der Waals surface area (Å²) in [6.45, 7) is 3.93. The maximum absolute atomic E-state index is 15.0. The van der Waals surface area contributed by atoms with Gasteiger partial charge < -0.3 is 0 Å². The van der Waals surface area contributed by atoms with Gasteiger partial charge in [-0.25, -0.2) is 0 Å². The number of rotatable bonds is 6. The highest BCUT2D eigenvalue weighted by Gasteiger charge is 2.33. The number of nitrogens with zero attached hydrogens (tertiary/aromatic N) is 2. The van der Waals surface area contributed by atoms with E-state index in [-0.39, 0.29) is 11.8 Å². The van der Waals surface area contributed by atoms with Crippen molar-refractivity contribution in [3.8, 4) is 0 Å². The first-order valence-electron chi connectivity index (χ1n) is 16.0. The van der Waals surface area contributed by atoms with Crippen molar-refractivity contribution in [3.05, 3.63) is 215 Å². The van der Waals surface area contributed by atoms with E-state index >= 15 is 0 Å². The molecule has 0 aliphatic carbocycles. The standard InChI is InChI=1S/C44H34N2O2/c1-31-23-25-41-37(27-31)43(47)46(30-40(35-19-11-5-12-20-35)36-21-13-6-14-22-36)42-26-24-32(2)28-38(42)44(48)45(41)29-39(33-15-7-3-8-16-33)34-17-9-4-10-18-34/h3-30H,1-2H3. The monoisotopic (exact) mass is 622 g/mol. The molecule has 4 heteroatoms. The second-order valence-corrected chi connectivity index (χ2v) is 11.9. The number of amides is 2. The van der Waals surface area contributed by atoms with E-state index in [0.29, 0.717) is 22.5 Å². The molecule has 1 heterocycles. The van der Waals surface area contributed by atoms with Crippen molar-refractivity contribution in [2.24, 2.45) is 0 Å². The van der Waals surface area contributed by atoms with Crippen LogP contribution in [0, 0.1) is 13.8 Å². The van der Waals surface area contributed by atoms with Gasteiger partial charge in [-0.05, 0) is 60.4 Å². The van der Waals surface area contributed by atoms with Crippen LogP contribution in [0.5, 0.6) is 0 Å². The average Bonchev–Trinajstić information content (AvgIpc) is 3.13. The van der Waals surface area contributed by atoms with Crippen LogP contribution in [0.4, 0.5) is 11.4 Å². The van der Waals surface area contributed by atoms with E-state index in [9.17, 15) is 9.59 Å². The summed E-state index contributed by atoms with van der Waals surface area (Å²) in [4.78, 5) is 33.3. The van der Waals surface area contributed by atoms with Gasteiger partial charge in [-0.1, -0.05) is 145 Å². The summed E-state index contributed by atoms with van der Waals surface area (Å²) >= 11 is 0. The van der Waals surface area contributed by atoms with Gasteiger partial charge in [-0.15, -0.1) is 0 Å². The number of carbonyl (C=O) groups excluding carboxylic acids is 2. The highest BCUT2D eigenvalue weighted by atomic mass is 16.2. The third-order valence-corrected chi connectivity index (χ3v) is 8.58. The first kappa shape index (κ1) is 30.4. The lowest BCUT2D eigenvalue weighted by Gasteiger charge is -2.32. The van der Waals surface area contributed by atoms with Gasteiger partial charge in [-0.2, -0.15) is 0 Å². The Hall–Kier alpha value is -6.26. The molecular weight excluding hydrogens is 588 g/mol. The second kappa shape index (κ2) is 13.2. The summed E-state index contributed by atoms with van der Waals surface area (Å²) in [6, 6.07) is 51.5. The molecule has 48 heavy (non-hydrogen) atoms. The normalized spacial score (nSPS) is 12.4. The second-order valence-electron chi connectivity index (χ2n) is 11.9. The minimum absolute atomic E-state index is 0.227. The third-order valence-electron chi connectivity index (χ3n) is 8.58. The van der Waals surface area contributed by atoms with Crippen LogP contribution < -0.4 is 9.80 Å². The van der Waals surface area contributed by atoms with Crippen molar-refractivity contribution < 1.29 is 9.59 Å². The van der Waals surface area contributed by atoms with E-state index in [1.807, 2.05) is 184 Å². The van der Waals surface area contributed by atoms with E-state index in [2.05, 4.69) is 0 Å². The quantitative estimate of drug-likeness (QED) is 0.185. The summed E-state index contributed by atoms with van der Waals surface area (Å²) in [7, 11) is 0. The Morgan fingerprint density at radius 3 is 1.00 bits per heavy atom. The zero-order chi connectivity index (χ0) is 33.0. The summed E-state index contributed by atoms with van der Waals surface area (Å²) < 4.78 is 0. The Morgan fingerprint density at radius 1 is 0.417 bits per heavy atom. The fourth-order valence-electron chi connectivity index (χ4n) is 6.16. The molecule has 0 N–H and O–H groups in total. The van der Waals surface area contributed by atoms with Gasteiger partial charge in [0.2, 0.25) is 0 Å². The van der Waals surface area contributed by atoms with Crippen molar-refractivity contribution in [1.29, 1.82) is 0 Å². The zero-order valence-corrected chi connectivity index (χ0v) is 26.9. The molecule has 0 unspecified atom stereocenters. The Kier molecular flexibility index (Phi) is 8.38. The molecule has 0 atom stereocenters. The minimum Gasteiger partial charge on any atom is -0.282 e. The smallest absolute Gasteiger partial charge is 0.264 e. The molecule has 7 rings (SSSR count). The molecule has 0 radical (unpaired) electrons. The van der Waals surface area contributed by atoms with Crippen LogP contribution in [0.3, 0.4) is 0 Å². The van der Waals surface area contributed by atoms with Crippen molar-refractivity contribution in [3.63, 3.8) is 0 Å². The van der Waals surface area contributed by atoms with E-state index in [1.54, 1.807) is 9.80 Å². The highest BCUT2D eigenvalue weighted by molar-refractivity contribution is 6.22. The molecule has 0 saturated carbocycles. The molecule has 6 aromatic rings. The van der Waals surface area contributed by atoms with Crippen LogP contribution in [0.15, 0.2) is 170 Å². The van der Waals surface area contributed by atoms with E-state index in [1.165, 1.54) is 0 Å². The predicted molar refractivity (Wildman–Crippen MR) is 196 cm³/mol. The summed E-state index contributed by atoms with van der Waals surface area (Å²) in [5.41, 5.74) is 9.33. The molecule has 4 nitrogen and oxygen atoms in total. The number of hydrogen-bond donors (Lipinski definition) is 0. The summed E-state index contributed by atoms with van der Waals surface area (Å²) in [5, 5.41) is 0. The van der Waals surface area contributed by atoms with Crippen molar-refractivity contribution >= 4 is 34.3 Å². The number of hydrogen-bond acceptors (Lipinski definition) is 2. The maximum atomic E-state index is 15.0. The molecule has 2 amide bonds. The van der Waals surface area contributed by atoms with Crippen molar-refractivity contribution in [2.45, 2.75) is 13.8 Å². The van der Waals surface area contributed by atoms with Crippen LogP contribution in [0.25, 0.3) is 11.1 Å². The van der Waals surface area contributed by atoms with Gasteiger partial charge in [0.15, 0.2) is 0 Å². The fourth-order valence-corrected chi connectivity index (χ4v) is 6.16. The van der Waals surface area contributed by atoms with Gasteiger partial charge in [0.25, 0.3) is 11.8 Å². The summed E-state index contributed by atoms with van der Waals surface area (Å²) in [5.74, 6) is -0.454. The van der Waals surface area contributed by atoms with E-state index in [4.69, 9.17) is 0 Å². The Bertz CT molecular complexity index is 1930. The minimum atomic E-state index is -0.227. The first-order chi connectivity index (χ1) is 23.5. The van der Waals surface area contributed by atoms with Gasteiger partial charge in [0.1, 0.15) is 0 Å². The molecule has 0 aromatic heterocycles. The molecule has 0 saturated heterocycles. The molecule has 1 aliphatic heterocycles. The van der Waals surface area contributed by atoms with Gasteiger partial charge in [-0.3, -0.25) is 19.4 Å². The Morgan fingerprint density at radius 2 is 0.708 bits per heavy atom. The van der Waals surface area contributed by atoms with Crippen LogP contribution in [-0.4, -0.2) is 11.8 Å². The first-order valence-corrected chi connectivity index (χ1v) is 16.0. The molecule has 0 bridgehead atoms. The number of fused-ring (bicyclic) bond motifs is 2. The van der Waals surface area contributed by atoms with E-state index in [0.717, 1.165) is 44.5 Å².